The third-order valence-corrected chi connectivity index (χ3v) is 5.36. The molecule has 1 aliphatic rings. The molecule has 0 spiro atoms. The van der Waals surface area contributed by atoms with Gasteiger partial charge in [-0.15, -0.1) is 0 Å². The minimum absolute atomic E-state index is 0.111. The zero-order chi connectivity index (χ0) is 20.5. The van der Waals surface area contributed by atoms with E-state index < -0.39 is 6.04 Å². The molecule has 2 aromatic carbocycles. The summed E-state index contributed by atoms with van der Waals surface area (Å²) in [6.07, 6.45) is 3.32. The lowest BCUT2D eigenvalue weighted by atomic mass is 9.98. The number of nitrogens with one attached hydrogen (secondary N) is 1. The van der Waals surface area contributed by atoms with Crippen molar-refractivity contribution in [3.8, 4) is 5.75 Å². The Morgan fingerprint density at radius 1 is 1.07 bits per heavy atom. The van der Waals surface area contributed by atoms with E-state index in [0.29, 0.717) is 23.1 Å². The fraction of sp³-hybridized carbons (Fsp3) is 0.333. The minimum atomic E-state index is -0.520. The van der Waals surface area contributed by atoms with E-state index in [1.165, 1.54) is 0 Å². The summed E-state index contributed by atoms with van der Waals surface area (Å²) < 4.78 is 11.7. The number of hydrogen-bond acceptors (Lipinski definition) is 4. The molecule has 2 heterocycles. The number of aryl methyl sites for hydroxylation is 2. The highest BCUT2D eigenvalue weighted by atomic mass is 16.5. The van der Waals surface area contributed by atoms with Crippen LogP contribution >= 0.6 is 0 Å². The summed E-state index contributed by atoms with van der Waals surface area (Å²) in [4.78, 5) is 25.8. The van der Waals surface area contributed by atoms with Gasteiger partial charge in [0.05, 0.1) is 23.6 Å². The fourth-order valence-electron chi connectivity index (χ4n) is 3.91. The van der Waals surface area contributed by atoms with Crippen molar-refractivity contribution in [3.63, 3.8) is 0 Å². The number of hydrogen-bond donors (Lipinski definition) is 1. The molecule has 0 bridgehead atoms. The van der Waals surface area contributed by atoms with Crippen LogP contribution in [-0.2, 0) is 0 Å². The van der Waals surface area contributed by atoms with Gasteiger partial charge in [0.25, 0.3) is 5.91 Å². The van der Waals surface area contributed by atoms with Crippen molar-refractivity contribution in [2.45, 2.75) is 46.1 Å². The van der Waals surface area contributed by atoms with E-state index in [9.17, 15) is 9.59 Å². The third kappa shape index (κ3) is 3.53. The molecule has 29 heavy (non-hydrogen) atoms. The summed E-state index contributed by atoms with van der Waals surface area (Å²) >= 11 is 0. The van der Waals surface area contributed by atoms with Crippen LogP contribution in [0, 0.1) is 13.8 Å². The number of rotatable bonds is 6. The van der Waals surface area contributed by atoms with Crippen LogP contribution < -0.4 is 15.5 Å². The quantitative estimate of drug-likeness (QED) is 0.612. The lowest BCUT2D eigenvalue weighted by Gasteiger charge is -2.13. The van der Waals surface area contributed by atoms with Crippen molar-refractivity contribution >= 4 is 16.9 Å². The summed E-state index contributed by atoms with van der Waals surface area (Å²) in [5, 5.41) is 3.40. The van der Waals surface area contributed by atoms with Crippen molar-refractivity contribution in [2.75, 3.05) is 6.61 Å². The van der Waals surface area contributed by atoms with Gasteiger partial charge in [-0.25, -0.2) is 0 Å². The van der Waals surface area contributed by atoms with Crippen molar-refractivity contribution < 1.29 is 13.9 Å². The fourth-order valence-corrected chi connectivity index (χ4v) is 3.91. The molecule has 1 aromatic heterocycles. The maximum Gasteiger partial charge on any atom is 0.288 e. The van der Waals surface area contributed by atoms with Gasteiger partial charge >= 0.3 is 0 Å². The maximum absolute atomic E-state index is 13.2. The van der Waals surface area contributed by atoms with Crippen LogP contribution in [0.2, 0.25) is 0 Å². The molecule has 1 atom stereocenters. The molecule has 0 fully saturated rings. The summed E-state index contributed by atoms with van der Waals surface area (Å²) in [5.41, 5.74) is 3.36. The summed E-state index contributed by atoms with van der Waals surface area (Å²) in [5.74, 6) is 0.536. The first kappa shape index (κ1) is 19.2. The van der Waals surface area contributed by atoms with E-state index in [0.717, 1.165) is 41.7 Å². The molecule has 3 aromatic rings. The Morgan fingerprint density at radius 3 is 2.55 bits per heavy atom. The van der Waals surface area contributed by atoms with Crippen molar-refractivity contribution in [1.82, 2.24) is 5.32 Å². The first-order chi connectivity index (χ1) is 14.0. The first-order valence-electron chi connectivity index (χ1n) is 10.1. The molecule has 0 aliphatic carbocycles. The number of benzene rings is 2. The predicted octanol–water partition coefficient (Wildman–Crippen LogP) is 4.81. The van der Waals surface area contributed by atoms with E-state index in [1.807, 2.05) is 50.2 Å². The zero-order valence-electron chi connectivity index (χ0n) is 17.0. The SMILES string of the molecule is CCCCCOc1ccc(C2NC(=O)c3oc4c(C)cc(C)cc4c(=O)c32)cc1. The van der Waals surface area contributed by atoms with Crippen LogP contribution in [0.25, 0.3) is 11.0 Å². The minimum Gasteiger partial charge on any atom is -0.494 e. The van der Waals surface area contributed by atoms with Gasteiger partial charge in [-0.05, 0) is 55.2 Å². The molecular formula is C24H25NO4. The van der Waals surface area contributed by atoms with E-state index in [-0.39, 0.29) is 17.1 Å². The largest absolute Gasteiger partial charge is 0.494 e. The summed E-state index contributed by atoms with van der Waals surface area (Å²) in [6, 6.07) is 10.8. The van der Waals surface area contributed by atoms with Crippen LogP contribution in [-0.4, -0.2) is 12.5 Å². The average Bonchev–Trinajstić information content (AvgIpc) is 3.04. The van der Waals surface area contributed by atoms with Gasteiger partial charge in [0, 0.05) is 0 Å². The number of unbranched alkanes of at least 4 members (excludes halogenated alkanes) is 2. The number of amides is 1. The van der Waals surface area contributed by atoms with Gasteiger partial charge < -0.3 is 14.5 Å². The number of ether oxygens (including phenoxy) is 1. The van der Waals surface area contributed by atoms with E-state index >= 15 is 0 Å². The van der Waals surface area contributed by atoms with E-state index in [4.69, 9.17) is 9.15 Å². The van der Waals surface area contributed by atoms with E-state index in [1.54, 1.807) is 0 Å². The van der Waals surface area contributed by atoms with Crippen LogP contribution in [0.5, 0.6) is 5.75 Å². The zero-order valence-corrected chi connectivity index (χ0v) is 17.0. The van der Waals surface area contributed by atoms with Gasteiger partial charge in [-0.2, -0.15) is 0 Å². The molecule has 1 unspecified atom stereocenters. The smallest absolute Gasteiger partial charge is 0.288 e. The molecule has 4 rings (SSSR count). The van der Waals surface area contributed by atoms with Gasteiger partial charge in [0.1, 0.15) is 11.3 Å². The van der Waals surface area contributed by atoms with Crippen LogP contribution in [0.1, 0.15) is 65.0 Å². The standard InChI is InChI=1S/C24H25NO4/c1-4-5-6-11-28-17-9-7-16(8-10-17)20-19-21(26)18-13-14(2)12-15(3)22(18)29-23(19)24(27)25-20/h7-10,12-13,20H,4-6,11H2,1-3H3,(H,25,27). The number of fused-ring (bicyclic) bond motifs is 2. The number of carbonyl (C=O) groups excluding carboxylic acids is 1. The van der Waals surface area contributed by atoms with Crippen molar-refractivity contribution in [2.24, 2.45) is 0 Å². The van der Waals surface area contributed by atoms with Gasteiger partial charge in [0.2, 0.25) is 5.76 Å². The highest BCUT2D eigenvalue weighted by Gasteiger charge is 2.36. The highest BCUT2D eigenvalue weighted by molar-refractivity contribution is 5.99. The number of carbonyl (C=O) groups is 1. The molecule has 5 heteroatoms. The summed E-state index contributed by atoms with van der Waals surface area (Å²) in [7, 11) is 0. The molecule has 1 N–H and O–H groups in total. The van der Waals surface area contributed by atoms with Gasteiger partial charge in [0.15, 0.2) is 5.43 Å². The molecule has 0 saturated heterocycles. The first-order valence-corrected chi connectivity index (χ1v) is 10.1. The Bertz CT molecular complexity index is 1130. The molecule has 1 aliphatic heterocycles. The Balaban J connectivity index is 1.69. The monoisotopic (exact) mass is 391 g/mol. The van der Waals surface area contributed by atoms with Crippen molar-refractivity contribution in [3.05, 3.63) is 74.6 Å². The lowest BCUT2D eigenvalue weighted by molar-refractivity contribution is 0.0938. The molecule has 150 valence electrons. The maximum atomic E-state index is 13.2. The van der Waals surface area contributed by atoms with Gasteiger partial charge in [-0.1, -0.05) is 38.0 Å². The Kier molecular flexibility index (Phi) is 5.14. The Hall–Kier alpha value is -3.08. The average molecular weight is 391 g/mol. The second kappa shape index (κ2) is 7.74. The molecule has 0 radical (unpaired) electrons. The normalized spacial score (nSPS) is 15.4. The topological polar surface area (TPSA) is 68.5 Å². The summed E-state index contributed by atoms with van der Waals surface area (Å²) in [6.45, 7) is 6.67. The second-order valence-corrected chi connectivity index (χ2v) is 7.66. The molecule has 1 amide bonds. The molecule has 5 nitrogen and oxygen atoms in total. The Labute approximate surface area is 169 Å². The van der Waals surface area contributed by atoms with Gasteiger partial charge in [-0.3, -0.25) is 9.59 Å². The van der Waals surface area contributed by atoms with Crippen LogP contribution in [0.4, 0.5) is 0 Å². The second-order valence-electron chi connectivity index (χ2n) is 7.66. The Morgan fingerprint density at radius 2 is 1.83 bits per heavy atom. The van der Waals surface area contributed by atoms with Crippen molar-refractivity contribution in [1.29, 1.82) is 0 Å². The third-order valence-electron chi connectivity index (χ3n) is 5.36. The van der Waals surface area contributed by atoms with Crippen LogP contribution in [0.15, 0.2) is 45.6 Å². The predicted molar refractivity (Wildman–Crippen MR) is 113 cm³/mol. The molecule has 0 saturated carbocycles. The lowest BCUT2D eigenvalue weighted by Crippen LogP contribution is -2.21. The molecular weight excluding hydrogens is 366 g/mol. The van der Waals surface area contributed by atoms with Crippen LogP contribution in [0.3, 0.4) is 0 Å². The highest BCUT2D eigenvalue weighted by Crippen LogP contribution is 2.32. The van der Waals surface area contributed by atoms with E-state index in [2.05, 4.69) is 12.2 Å².